The van der Waals surface area contributed by atoms with Gasteiger partial charge in [0.2, 0.25) is 5.79 Å². The lowest BCUT2D eigenvalue weighted by molar-refractivity contribution is -0.223. The van der Waals surface area contributed by atoms with Gasteiger partial charge in [0.15, 0.2) is 0 Å². The minimum absolute atomic E-state index is 0.280. The van der Waals surface area contributed by atoms with Crippen LogP contribution in [0.25, 0.3) is 0 Å². The highest BCUT2D eigenvalue weighted by molar-refractivity contribution is 6.12. The van der Waals surface area contributed by atoms with E-state index in [-0.39, 0.29) is 25.2 Å². The van der Waals surface area contributed by atoms with Gasteiger partial charge in [-0.25, -0.2) is 0 Å². The van der Waals surface area contributed by atoms with Crippen LogP contribution >= 0.6 is 0 Å². The predicted octanol–water partition coefficient (Wildman–Crippen LogP) is 3.96. The molecule has 5 atom stereocenters. The van der Waals surface area contributed by atoms with Crippen molar-refractivity contribution < 1.29 is 29.3 Å². The maximum Gasteiger partial charge on any atom is 0.252 e. The summed E-state index contributed by atoms with van der Waals surface area (Å²) in [5.74, 6) is -2.30. The number of benzene rings is 4. The van der Waals surface area contributed by atoms with E-state index >= 15 is 0 Å². The van der Waals surface area contributed by atoms with Gasteiger partial charge in [0.1, 0.15) is 7.85 Å². The monoisotopic (exact) mass is 590 g/mol. The quantitative estimate of drug-likeness (QED) is 0.220. The Bertz CT molecular complexity index is 1670. The van der Waals surface area contributed by atoms with E-state index in [0.29, 0.717) is 28.7 Å². The van der Waals surface area contributed by atoms with Gasteiger partial charge in [-0.15, -0.1) is 0 Å². The molecule has 0 bridgehead atoms. The lowest BCUT2D eigenvalue weighted by Gasteiger charge is -2.30. The van der Waals surface area contributed by atoms with E-state index in [9.17, 15) is 19.8 Å². The zero-order chi connectivity index (χ0) is 30.8. The van der Waals surface area contributed by atoms with E-state index < -0.39 is 29.8 Å². The van der Waals surface area contributed by atoms with E-state index in [2.05, 4.69) is 10.6 Å². The first-order chi connectivity index (χ1) is 21.4. The second-order valence-corrected chi connectivity index (χ2v) is 11.2. The number of amides is 2. The zero-order valence-electron chi connectivity index (χ0n) is 24.7. The molecular formula is C35H35BN2O6. The fraction of sp³-hybridized carbons (Fsp3) is 0.257. The number of nitrogens with one attached hydrogen (secondary N) is 2. The van der Waals surface area contributed by atoms with Crippen molar-refractivity contribution in [1.82, 2.24) is 10.6 Å². The Morgan fingerprint density at radius 1 is 0.727 bits per heavy atom. The van der Waals surface area contributed by atoms with Gasteiger partial charge in [-0.2, -0.15) is 0 Å². The number of aliphatic hydroxyl groups is 2. The Hall–Kier alpha value is -4.28. The van der Waals surface area contributed by atoms with Crippen molar-refractivity contribution in [3.8, 4) is 0 Å². The molecule has 1 spiro atoms. The van der Waals surface area contributed by atoms with E-state index in [4.69, 9.17) is 9.47 Å². The lowest BCUT2D eigenvalue weighted by atomic mass is 9.83. The van der Waals surface area contributed by atoms with Crippen LogP contribution in [0.4, 0.5) is 0 Å². The van der Waals surface area contributed by atoms with Gasteiger partial charge in [0.05, 0.1) is 37.4 Å². The Labute approximate surface area is 257 Å². The van der Waals surface area contributed by atoms with Crippen molar-refractivity contribution >= 4 is 19.7 Å². The van der Waals surface area contributed by atoms with E-state index in [1.165, 1.54) is 0 Å². The normalized spacial score (nSPS) is 21.3. The molecule has 2 amide bonds. The number of carbonyl (C=O) groups is 2. The van der Waals surface area contributed by atoms with Gasteiger partial charge in [-0.1, -0.05) is 91.9 Å². The van der Waals surface area contributed by atoms with Crippen molar-refractivity contribution in [3.05, 3.63) is 142 Å². The number of aliphatic hydroxyl groups excluding tert-OH is 2. The molecule has 6 rings (SSSR count). The van der Waals surface area contributed by atoms with Crippen LogP contribution in [0.1, 0.15) is 91.6 Å². The van der Waals surface area contributed by atoms with E-state index in [1.807, 2.05) is 93.6 Å². The molecule has 224 valence electrons. The molecule has 0 fully saturated rings. The average molecular weight is 590 g/mol. The van der Waals surface area contributed by atoms with Crippen molar-refractivity contribution in [2.24, 2.45) is 0 Å². The van der Waals surface area contributed by atoms with Gasteiger partial charge >= 0.3 is 0 Å². The van der Waals surface area contributed by atoms with Crippen LogP contribution in [0, 0.1) is 0 Å². The molecule has 2 heterocycles. The van der Waals surface area contributed by atoms with Crippen LogP contribution in [0.5, 0.6) is 0 Å². The third-order valence-corrected chi connectivity index (χ3v) is 8.53. The van der Waals surface area contributed by atoms with Crippen LogP contribution in [0.3, 0.4) is 0 Å². The van der Waals surface area contributed by atoms with Crippen molar-refractivity contribution in [2.45, 2.75) is 43.3 Å². The predicted molar refractivity (Wildman–Crippen MR) is 168 cm³/mol. The third kappa shape index (κ3) is 5.12. The largest absolute Gasteiger partial charge is 0.394 e. The van der Waals surface area contributed by atoms with E-state index in [1.54, 1.807) is 18.2 Å². The molecule has 0 aliphatic carbocycles. The molecule has 44 heavy (non-hydrogen) atoms. The number of fused-ring (bicyclic) bond motifs is 4. The smallest absolute Gasteiger partial charge is 0.252 e. The topological polar surface area (TPSA) is 117 Å². The summed E-state index contributed by atoms with van der Waals surface area (Å²) in [6.07, 6.45) is 0.231. The molecule has 9 heteroatoms. The molecule has 0 radical (unpaired) electrons. The molecular weight excluding hydrogens is 555 g/mol. The maximum absolute atomic E-state index is 14.0. The summed E-state index contributed by atoms with van der Waals surface area (Å²) in [5.41, 5.74) is 4.95. The van der Waals surface area contributed by atoms with Gasteiger partial charge < -0.3 is 30.3 Å². The van der Waals surface area contributed by atoms with Crippen molar-refractivity contribution in [3.63, 3.8) is 0 Å². The van der Waals surface area contributed by atoms with Crippen molar-refractivity contribution in [2.75, 3.05) is 13.2 Å². The van der Waals surface area contributed by atoms with Gasteiger partial charge in [0, 0.05) is 22.3 Å². The standard InChI is InChI=1S/C35H35BN2O6/c1-2-29-23-15-9-17-25(33(41)37-27(19-39)21-11-5-3-6-12-21)30(23)35(43-29)31-24(32(36)44-35)16-10-18-26(31)34(42)38-28(20-40)22-13-7-4-8-14-22/h3-18,27-29,32,39-40H,2,19-20,36H2,1H3,(H,37,41)(H,38,42)/t27-,28-,29+,32-,35+/m0/s1. The van der Waals surface area contributed by atoms with Gasteiger partial charge in [-0.05, 0) is 40.8 Å². The van der Waals surface area contributed by atoms with Gasteiger partial charge in [-0.3, -0.25) is 9.59 Å². The second kappa shape index (κ2) is 12.4. The fourth-order valence-corrected chi connectivity index (χ4v) is 6.44. The highest BCUT2D eigenvalue weighted by atomic mass is 16.7. The molecule has 8 nitrogen and oxygen atoms in total. The van der Waals surface area contributed by atoms with Gasteiger partial charge in [0.25, 0.3) is 11.8 Å². The maximum atomic E-state index is 14.0. The first kappa shape index (κ1) is 29.8. The summed E-state index contributed by atoms with van der Waals surface area (Å²) in [7, 11) is 1.90. The minimum Gasteiger partial charge on any atom is -0.394 e. The summed E-state index contributed by atoms with van der Waals surface area (Å²) in [5, 5.41) is 26.3. The SMILES string of the molecule is B[C@H]1O[C@@]2(O[C@H](CC)c3cccc(C(=O)N[C@@H](CO)c4ccccc4)c32)c2c(C(=O)N[C@@H](CO)c3ccccc3)cccc21. The molecule has 2 aliphatic rings. The molecule has 0 unspecified atom stereocenters. The second-order valence-electron chi connectivity index (χ2n) is 11.2. The highest BCUT2D eigenvalue weighted by Gasteiger charge is 2.56. The molecule has 0 saturated carbocycles. The van der Waals surface area contributed by atoms with Crippen LogP contribution in [-0.4, -0.2) is 43.1 Å². The van der Waals surface area contributed by atoms with E-state index in [0.717, 1.165) is 22.3 Å². The summed E-state index contributed by atoms with van der Waals surface area (Å²) < 4.78 is 13.4. The lowest BCUT2D eigenvalue weighted by Crippen LogP contribution is -2.37. The zero-order valence-corrected chi connectivity index (χ0v) is 24.7. The molecule has 4 aromatic carbocycles. The summed E-state index contributed by atoms with van der Waals surface area (Å²) >= 11 is 0. The number of rotatable bonds is 9. The summed E-state index contributed by atoms with van der Waals surface area (Å²) in [6, 6.07) is 27.8. The Balaban J connectivity index is 1.44. The molecule has 0 saturated heterocycles. The average Bonchev–Trinajstić information content (AvgIpc) is 3.55. The Kier molecular flexibility index (Phi) is 8.38. The van der Waals surface area contributed by atoms with Crippen molar-refractivity contribution in [1.29, 1.82) is 0 Å². The minimum atomic E-state index is -1.52. The van der Waals surface area contributed by atoms with Crippen LogP contribution in [0.15, 0.2) is 97.1 Å². The molecule has 2 aliphatic heterocycles. The first-order valence-corrected chi connectivity index (χ1v) is 15.0. The Morgan fingerprint density at radius 3 is 1.68 bits per heavy atom. The number of carbonyl (C=O) groups excluding carboxylic acids is 2. The number of hydrogen-bond acceptors (Lipinski definition) is 6. The molecule has 4 aromatic rings. The number of hydrogen-bond donors (Lipinski definition) is 4. The number of ether oxygens (including phenoxy) is 2. The third-order valence-electron chi connectivity index (χ3n) is 8.53. The van der Waals surface area contributed by atoms with Crippen LogP contribution in [0.2, 0.25) is 0 Å². The Morgan fingerprint density at radius 2 is 1.20 bits per heavy atom. The highest BCUT2D eigenvalue weighted by Crippen LogP contribution is 2.57. The summed E-state index contributed by atoms with van der Waals surface area (Å²) in [6.45, 7) is 1.44. The van der Waals surface area contributed by atoms with Crippen LogP contribution in [-0.2, 0) is 15.3 Å². The first-order valence-electron chi connectivity index (χ1n) is 15.0. The molecule has 4 N–H and O–H groups in total. The summed E-state index contributed by atoms with van der Waals surface area (Å²) in [4.78, 5) is 28.0. The fourth-order valence-electron chi connectivity index (χ4n) is 6.44. The molecule has 0 aromatic heterocycles. The van der Waals surface area contributed by atoms with Crippen LogP contribution < -0.4 is 10.6 Å².